The van der Waals surface area contributed by atoms with Crippen LogP contribution in [0.15, 0.2) is 0 Å². The number of urea groups is 1. The zero-order valence-electron chi connectivity index (χ0n) is 12.5. The molecule has 0 spiro atoms. The number of carbonyl (C=O) groups is 3. The molecule has 4 N–H and O–H groups in total. The van der Waals surface area contributed by atoms with Gasteiger partial charge >= 0.3 is 24.1 Å². The summed E-state index contributed by atoms with van der Waals surface area (Å²) in [7, 11) is 0. The summed E-state index contributed by atoms with van der Waals surface area (Å²) < 4.78 is 0. The lowest BCUT2D eigenvalue weighted by atomic mass is 10.1. The van der Waals surface area contributed by atoms with E-state index in [0.717, 1.165) is 25.7 Å². The fraction of sp³-hybridized carbons (Fsp3) is 0.692. The quantitative estimate of drug-likeness (QED) is 0.431. The van der Waals surface area contributed by atoms with Crippen molar-refractivity contribution in [2.24, 2.45) is 0 Å². The third kappa shape index (κ3) is 15.6. The molecule has 0 aromatic carbocycles. The highest BCUT2D eigenvalue weighted by Gasteiger charge is 2.20. The minimum atomic E-state index is -1.23. The number of carboxylic acids is 2. The Hall–Kier alpha value is -2.41. The van der Waals surface area contributed by atoms with Gasteiger partial charge in [0, 0.05) is 13.0 Å². The van der Waals surface area contributed by atoms with E-state index in [4.69, 9.17) is 19.8 Å². The van der Waals surface area contributed by atoms with Crippen LogP contribution >= 0.6 is 0 Å². The second kappa shape index (κ2) is 15.0. The van der Waals surface area contributed by atoms with Crippen LogP contribution < -0.4 is 10.6 Å². The summed E-state index contributed by atoms with van der Waals surface area (Å²) in [5, 5.41) is 22.1. The molecule has 9 heteroatoms. The number of carbonyl (C=O) groups excluding carboxylic acids is 3. The zero-order valence-corrected chi connectivity index (χ0v) is 12.5. The number of aliphatic carboxylic acids is 2. The van der Waals surface area contributed by atoms with Gasteiger partial charge in [0.15, 0.2) is 0 Å². The van der Waals surface area contributed by atoms with Crippen LogP contribution in [0, 0.1) is 0 Å². The lowest BCUT2D eigenvalue weighted by Gasteiger charge is -2.14. The van der Waals surface area contributed by atoms with E-state index in [-0.39, 0.29) is 19.0 Å². The lowest BCUT2D eigenvalue weighted by molar-refractivity contribution is -0.191. The van der Waals surface area contributed by atoms with Crippen molar-refractivity contribution >= 4 is 24.1 Å². The molecule has 0 unspecified atom stereocenters. The third-order valence-electron chi connectivity index (χ3n) is 2.57. The van der Waals surface area contributed by atoms with Crippen molar-refractivity contribution in [3.05, 3.63) is 0 Å². The van der Waals surface area contributed by atoms with E-state index in [9.17, 15) is 14.4 Å². The smallest absolute Gasteiger partial charge is 0.373 e. The van der Waals surface area contributed by atoms with Gasteiger partial charge in [0.25, 0.3) is 0 Å². The predicted molar refractivity (Wildman–Crippen MR) is 74.0 cm³/mol. The number of nitrogens with one attached hydrogen (secondary N) is 2. The van der Waals surface area contributed by atoms with Gasteiger partial charge in [0.2, 0.25) is 0 Å². The maximum atomic E-state index is 11.4. The molecule has 22 heavy (non-hydrogen) atoms. The molecular formula is C13H22N2O7. The van der Waals surface area contributed by atoms with Crippen LogP contribution in [0.4, 0.5) is 4.79 Å². The molecule has 0 bridgehead atoms. The Balaban J connectivity index is 0. The van der Waals surface area contributed by atoms with Gasteiger partial charge in [-0.05, 0) is 12.8 Å². The Labute approximate surface area is 128 Å². The van der Waals surface area contributed by atoms with Crippen molar-refractivity contribution in [3.63, 3.8) is 0 Å². The van der Waals surface area contributed by atoms with Crippen molar-refractivity contribution in [1.82, 2.24) is 10.6 Å². The molecule has 126 valence electrons. The molecule has 0 aliphatic heterocycles. The SMILES string of the molecule is CCCCCCNC(=O)N[C@@H](CCC(=O)O)C(=O)O.O=C=O. The molecule has 9 nitrogen and oxygen atoms in total. The first kappa shape index (κ1) is 21.9. The number of unbranched alkanes of at least 4 members (excludes halogenated alkanes) is 3. The molecule has 0 saturated carbocycles. The third-order valence-corrected chi connectivity index (χ3v) is 2.57. The molecule has 0 saturated heterocycles. The molecule has 0 aliphatic carbocycles. The van der Waals surface area contributed by atoms with Crippen LogP contribution in [0.3, 0.4) is 0 Å². The average Bonchev–Trinajstić information content (AvgIpc) is 2.43. The largest absolute Gasteiger partial charge is 0.481 e. The van der Waals surface area contributed by atoms with E-state index in [2.05, 4.69) is 17.6 Å². The Bertz CT molecular complexity index is 379. The van der Waals surface area contributed by atoms with Gasteiger partial charge in [0.1, 0.15) is 6.04 Å². The highest BCUT2D eigenvalue weighted by atomic mass is 16.4. The number of hydrogen-bond donors (Lipinski definition) is 4. The van der Waals surface area contributed by atoms with Crippen molar-refractivity contribution in [2.75, 3.05) is 6.54 Å². The van der Waals surface area contributed by atoms with Crippen molar-refractivity contribution < 1.29 is 34.2 Å². The van der Waals surface area contributed by atoms with Crippen molar-refractivity contribution in [1.29, 1.82) is 0 Å². The minimum absolute atomic E-state index is 0.131. The predicted octanol–water partition coefficient (Wildman–Crippen LogP) is 0.600. The van der Waals surface area contributed by atoms with Gasteiger partial charge in [-0.3, -0.25) is 4.79 Å². The fourth-order valence-corrected chi connectivity index (χ4v) is 1.49. The monoisotopic (exact) mass is 318 g/mol. The second-order valence-electron chi connectivity index (χ2n) is 4.37. The van der Waals surface area contributed by atoms with Crippen LogP contribution in [0.2, 0.25) is 0 Å². The first-order chi connectivity index (χ1) is 10.4. The summed E-state index contributed by atoms with van der Waals surface area (Å²) in [6.45, 7) is 2.57. The first-order valence-corrected chi connectivity index (χ1v) is 6.87. The molecule has 0 heterocycles. The van der Waals surface area contributed by atoms with Gasteiger partial charge in [-0.15, -0.1) is 0 Å². The molecule has 0 fully saturated rings. The second-order valence-corrected chi connectivity index (χ2v) is 4.37. The molecule has 2 amide bonds. The summed E-state index contributed by atoms with van der Waals surface area (Å²) in [4.78, 5) is 48.8. The van der Waals surface area contributed by atoms with E-state index in [1.807, 2.05) is 0 Å². The highest BCUT2D eigenvalue weighted by molar-refractivity contribution is 5.82. The number of amides is 2. The molecule has 0 radical (unpaired) electrons. The number of hydrogen-bond acceptors (Lipinski definition) is 5. The summed E-state index contributed by atoms with van der Waals surface area (Å²) in [5.74, 6) is -2.32. The molecule has 1 atom stereocenters. The molecule has 0 aromatic rings. The summed E-state index contributed by atoms with van der Waals surface area (Å²) in [6.07, 6.45) is 3.87. The van der Waals surface area contributed by atoms with E-state index in [0.29, 0.717) is 6.54 Å². The number of carboxylic acid groups (broad SMARTS) is 2. The summed E-state index contributed by atoms with van der Waals surface area (Å²) in [6, 6.07) is -1.75. The maximum Gasteiger partial charge on any atom is 0.373 e. The van der Waals surface area contributed by atoms with Crippen LogP contribution in [0.5, 0.6) is 0 Å². The maximum absolute atomic E-state index is 11.4. The zero-order chi connectivity index (χ0) is 17.4. The Morgan fingerprint density at radius 3 is 2.14 bits per heavy atom. The van der Waals surface area contributed by atoms with Gasteiger partial charge in [-0.1, -0.05) is 26.2 Å². The van der Waals surface area contributed by atoms with Crippen LogP contribution in [-0.2, 0) is 19.2 Å². The van der Waals surface area contributed by atoms with Crippen LogP contribution in [0.25, 0.3) is 0 Å². The van der Waals surface area contributed by atoms with Crippen molar-refractivity contribution in [2.45, 2.75) is 51.5 Å². The fourth-order valence-electron chi connectivity index (χ4n) is 1.49. The van der Waals surface area contributed by atoms with Gasteiger partial charge in [-0.2, -0.15) is 9.59 Å². The normalized spacial score (nSPS) is 10.4. The van der Waals surface area contributed by atoms with Gasteiger partial charge < -0.3 is 20.8 Å². The Morgan fingerprint density at radius 1 is 1.09 bits per heavy atom. The molecular weight excluding hydrogens is 296 g/mol. The molecule has 0 rings (SSSR count). The lowest BCUT2D eigenvalue weighted by Crippen LogP contribution is -2.46. The molecule has 0 aliphatic rings. The number of rotatable bonds is 10. The first-order valence-electron chi connectivity index (χ1n) is 6.87. The minimum Gasteiger partial charge on any atom is -0.481 e. The van der Waals surface area contributed by atoms with E-state index in [1.54, 1.807) is 0 Å². The average molecular weight is 318 g/mol. The Morgan fingerprint density at radius 2 is 1.68 bits per heavy atom. The van der Waals surface area contributed by atoms with Gasteiger partial charge in [-0.25, -0.2) is 9.59 Å². The van der Waals surface area contributed by atoms with E-state index in [1.165, 1.54) is 0 Å². The summed E-state index contributed by atoms with van der Waals surface area (Å²) in [5.41, 5.74) is 0. The molecule has 0 aromatic heterocycles. The van der Waals surface area contributed by atoms with Gasteiger partial charge in [0.05, 0.1) is 0 Å². The Kier molecular flexibility index (Phi) is 14.9. The highest BCUT2D eigenvalue weighted by Crippen LogP contribution is 1.99. The topological polar surface area (TPSA) is 150 Å². The van der Waals surface area contributed by atoms with Crippen LogP contribution in [-0.4, -0.2) is 46.9 Å². The van der Waals surface area contributed by atoms with Crippen LogP contribution in [0.1, 0.15) is 45.4 Å². The standard InChI is InChI=1S/C12H22N2O5.CO2/c1-2-3-4-5-8-13-12(19)14-9(11(17)18)6-7-10(15)16;2-1-3/h9H,2-8H2,1H3,(H,15,16)(H,17,18)(H2,13,14,19);/t9-;/m0./s1. The van der Waals surface area contributed by atoms with Crippen molar-refractivity contribution in [3.8, 4) is 0 Å². The van der Waals surface area contributed by atoms with E-state index >= 15 is 0 Å². The summed E-state index contributed by atoms with van der Waals surface area (Å²) >= 11 is 0. The van der Waals surface area contributed by atoms with E-state index < -0.39 is 24.0 Å².